The number of furan rings is 1. The van der Waals surface area contributed by atoms with Gasteiger partial charge in [0.1, 0.15) is 5.75 Å². The molecule has 2 aromatic rings. The SMILES string of the molecule is O=C(CC(=S)CNC(=O)c1ccccc1O)c1ccco1. The van der Waals surface area contributed by atoms with E-state index in [1.165, 1.54) is 18.4 Å². The third kappa shape index (κ3) is 4.00. The summed E-state index contributed by atoms with van der Waals surface area (Å²) in [5.41, 5.74) is 0.165. The number of hydrogen-bond acceptors (Lipinski definition) is 5. The van der Waals surface area contributed by atoms with Gasteiger partial charge in [0.05, 0.1) is 11.8 Å². The fraction of sp³-hybridized carbons (Fsp3) is 0.133. The van der Waals surface area contributed by atoms with Crippen LogP contribution in [-0.2, 0) is 0 Å². The lowest BCUT2D eigenvalue weighted by molar-refractivity contribution is 0.0948. The molecule has 0 saturated heterocycles. The minimum Gasteiger partial charge on any atom is -0.507 e. The van der Waals surface area contributed by atoms with Crippen molar-refractivity contribution >= 4 is 28.8 Å². The van der Waals surface area contributed by atoms with E-state index in [1.54, 1.807) is 24.3 Å². The third-order valence-corrected chi connectivity index (χ3v) is 3.04. The molecule has 21 heavy (non-hydrogen) atoms. The van der Waals surface area contributed by atoms with Gasteiger partial charge in [-0.3, -0.25) is 9.59 Å². The highest BCUT2D eigenvalue weighted by Crippen LogP contribution is 2.15. The average Bonchev–Trinajstić information content (AvgIpc) is 2.99. The minimum absolute atomic E-state index is 0.0178. The number of nitrogens with one attached hydrogen (secondary N) is 1. The van der Waals surface area contributed by atoms with Crippen molar-refractivity contribution in [1.82, 2.24) is 5.32 Å². The zero-order valence-corrected chi connectivity index (χ0v) is 11.9. The van der Waals surface area contributed by atoms with Crippen molar-refractivity contribution in [3.05, 3.63) is 54.0 Å². The van der Waals surface area contributed by atoms with Gasteiger partial charge < -0.3 is 14.8 Å². The van der Waals surface area contributed by atoms with Crippen LogP contribution < -0.4 is 5.32 Å². The molecule has 0 radical (unpaired) electrons. The molecule has 1 aromatic carbocycles. The molecule has 0 aliphatic carbocycles. The quantitative estimate of drug-likeness (QED) is 0.632. The molecule has 0 aliphatic heterocycles. The van der Waals surface area contributed by atoms with Gasteiger partial charge in [-0.1, -0.05) is 24.4 Å². The summed E-state index contributed by atoms with van der Waals surface area (Å²) in [6.07, 6.45) is 1.43. The zero-order chi connectivity index (χ0) is 15.2. The molecule has 1 aromatic heterocycles. The van der Waals surface area contributed by atoms with Gasteiger partial charge in [0.15, 0.2) is 5.76 Å². The van der Waals surface area contributed by atoms with Gasteiger partial charge in [0.25, 0.3) is 5.91 Å². The number of phenols is 1. The molecule has 2 N–H and O–H groups in total. The summed E-state index contributed by atoms with van der Waals surface area (Å²) in [7, 11) is 0. The number of amides is 1. The first kappa shape index (κ1) is 14.9. The Labute approximate surface area is 126 Å². The molecule has 0 fully saturated rings. The molecule has 0 bridgehead atoms. The van der Waals surface area contributed by atoms with E-state index >= 15 is 0 Å². The van der Waals surface area contributed by atoms with Gasteiger partial charge in [0, 0.05) is 17.8 Å². The van der Waals surface area contributed by atoms with Crippen LogP contribution in [0.4, 0.5) is 0 Å². The Morgan fingerprint density at radius 1 is 1.19 bits per heavy atom. The third-order valence-electron chi connectivity index (χ3n) is 2.75. The number of aromatic hydroxyl groups is 1. The molecule has 1 amide bonds. The van der Waals surface area contributed by atoms with Crippen molar-refractivity contribution in [1.29, 1.82) is 0 Å². The predicted octanol–water partition coefficient (Wildman–Crippen LogP) is 2.36. The normalized spacial score (nSPS) is 10.1. The topological polar surface area (TPSA) is 79.5 Å². The maximum absolute atomic E-state index is 11.9. The molecule has 0 unspecified atom stereocenters. The second kappa shape index (κ2) is 6.81. The highest BCUT2D eigenvalue weighted by atomic mass is 32.1. The van der Waals surface area contributed by atoms with Gasteiger partial charge in [-0.25, -0.2) is 0 Å². The lowest BCUT2D eigenvalue weighted by Crippen LogP contribution is -2.29. The number of hydrogen-bond donors (Lipinski definition) is 2. The summed E-state index contributed by atoms with van der Waals surface area (Å²) in [6.45, 7) is 0.0783. The maximum Gasteiger partial charge on any atom is 0.255 e. The van der Waals surface area contributed by atoms with Crippen molar-refractivity contribution in [3.63, 3.8) is 0 Å². The Morgan fingerprint density at radius 2 is 1.95 bits per heavy atom. The first-order valence-corrected chi connectivity index (χ1v) is 6.63. The van der Waals surface area contributed by atoms with E-state index in [-0.39, 0.29) is 35.8 Å². The van der Waals surface area contributed by atoms with Crippen LogP contribution in [0.3, 0.4) is 0 Å². The van der Waals surface area contributed by atoms with Crippen molar-refractivity contribution in [2.24, 2.45) is 0 Å². The summed E-state index contributed by atoms with van der Waals surface area (Å²) in [4.78, 5) is 24.0. The Bertz CT molecular complexity index is 664. The smallest absolute Gasteiger partial charge is 0.255 e. The molecule has 108 valence electrons. The van der Waals surface area contributed by atoms with Gasteiger partial charge in [-0.15, -0.1) is 0 Å². The molecule has 1 heterocycles. The van der Waals surface area contributed by atoms with Crippen LogP contribution in [0, 0.1) is 0 Å². The van der Waals surface area contributed by atoms with Crippen molar-refractivity contribution in [2.75, 3.05) is 6.54 Å². The average molecular weight is 303 g/mol. The number of thiocarbonyl (C=S) groups is 1. The Morgan fingerprint density at radius 3 is 2.62 bits per heavy atom. The van der Waals surface area contributed by atoms with E-state index in [1.807, 2.05) is 0 Å². The molecule has 0 atom stereocenters. The maximum atomic E-state index is 11.9. The van der Waals surface area contributed by atoms with E-state index in [0.717, 1.165) is 0 Å². The molecular weight excluding hydrogens is 290 g/mol. The number of Topliss-reactive ketones (excluding diaryl/α,β-unsaturated/α-hetero) is 1. The fourth-order valence-electron chi connectivity index (χ4n) is 1.71. The number of ketones is 1. The van der Waals surface area contributed by atoms with Gasteiger partial charge in [0.2, 0.25) is 5.78 Å². The van der Waals surface area contributed by atoms with Crippen LogP contribution >= 0.6 is 12.2 Å². The molecule has 6 heteroatoms. The van der Waals surface area contributed by atoms with Crippen molar-refractivity contribution in [2.45, 2.75) is 6.42 Å². The molecule has 0 saturated carbocycles. The zero-order valence-electron chi connectivity index (χ0n) is 11.0. The van der Waals surface area contributed by atoms with Crippen LogP contribution in [0.1, 0.15) is 27.3 Å². The largest absolute Gasteiger partial charge is 0.507 e. The lowest BCUT2D eigenvalue weighted by atomic mass is 10.1. The first-order chi connectivity index (χ1) is 10.1. The highest BCUT2D eigenvalue weighted by Gasteiger charge is 2.14. The van der Waals surface area contributed by atoms with Crippen molar-refractivity contribution < 1.29 is 19.1 Å². The number of carbonyl (C=O) groups excluding carboxylic acids is 2. The number of phenolic OH excluding ortho intramolecular Hbond substituents is 1. The van der Waals surface area contributed by atoms with Crippen LogP contribution in [-0.4, -0.2) is 28.2 Å². The fourth-order valence-corrected chi connectivity index (χ4v) is 1.91. The number of rotatable bonds is 6. The van der Waals surface area contributed by atoms with E-state index in [0.29, 0.717) is 4.86 Å². The Kier molecular flexibility index (Phi) is 4.84. The molecular formula is C15H13NO4S. The van der Waals surface area contributed by atoms with Crippen molar-refractivity contribution in [3.8, 4) is 5.75 Å². The predicted molar refractivity (Wildman–Crippen MR) is 80.7 cm³/mol. The summed E-state index contributed by atoms with van der Waals surface area (Å²) in [5.74, 6) is -0.542. The van der Waals surface area contributed by atoms with Crippen LogP contribution in [0.25, 0.3) is 0 Å². The second-order valence-corrected chi connectivity index (χ2v) is 4.89. The molecule has 0 aliphatic rings. The second-order valence-electron chi connectivity index (χ2n) is 4.32. The molecule has 0 spiro atoms. The summed E-state index contributed by atoms with van der Waals surface area (Å²) >= 11 is 5.07. The van der Waals surface area contributed by atoms with Crippen LogP contribution in [0.15, 0.2) is 47.1 Å². The summed E-state index contributed by atoms with van der Waals surface area (Å²) in [6, 6.07) is 9.38. The van der Waals surface area contributed by atoms with Crippen LogP contribution in [0.5, 0.6) is 5.75 Å². The Hall–Kier alpha value is -2.47. The van der Waals surface area contributed by atoms with E-state index in [9.17, 15) is 14.7 Å². The highest BCUT2D eigenvalue weighted by molar-refractivity contribution is 7.80. The van der Waals surface area contributed by atoms with Gasteiger partial charge in [-0.05, 0) is 24.3 Å². The molecule has 2 rings (SSSR count). The van der Waals surface area contributed by atoms with E-state index in [4.69, 9.17) is 16.6 Å². The lowest BCUT2D eigenvalue weighted by Gasteiger charge is -2.07. The minimum atomic E-state index is -0.444. The number of carbonyl (C=O) groups is 2. The summed E-state index contributed by atoms with van der Waals surface area (Å²) in [5, 5.41) is 12.1. The number of benzene rings is 1. The van der Waals surface area contributed by atoms with Crippen LogP contribution in [0.2, 0.25) is 0 Å². The van der Waals surface area contributed by atoms with Gasteiger partial charge in [-0.2, -0.15) is 0 Å². The van der Waals surface area contributed by atoms with E-state index < -0.39 is 5.91 Å². The first-order valence-electron chi connectivity index (χ1n) is 6.22. The monoisotopic (exact) mass is 303 g/mol. The number of para-hydroxylation sites is 1. The molecule has 5 nitrogen and oxygen atoms in total. The summed E-state index contributed by atoms with van der Waals surface area (Å²) < 4.78 is 4.98. The van der Waals surface area contributed by atoms with E-state index in [2.05, 4.69) is 5.32 Å². The standard InChI is InChI=1S/C15H13NO4S/c17-12-5-2-1-4-11(12)15(19)16-9-10(21)8-13(18)14-6-3-7-20-14/h1-7,17H,8-9H2,(H,16,19). The van der Waals surface area contributed by atoms with Gasteiger partial charge >= 0.3 is 0 Å². The Balaban J connectivity index is 1.86.